The van der Waals surface area contributed by atoms with E-state index in [0.29, 0.717) is 11.0 Å². The van der Waals surface area contributed by atoms with E-state index in [1.165, 1.54) is 16.7 Å². The van der Waals surface area contributed by atoms with E-state index in [-0.39, 0.29) is 41.3 Å². The van der Waals surface area contributed by atoms with Crippen molar-refractivity contribution in [2.24, 2.45) is 0 Å². The fourth-order valence-corrected chi connectivity index (χ4v) is 5.03. The molecule has 1 amide bonds. The van der Waals surface area contributed by atoms with Gasteiger partial charge in [0.1, 0.15) is 16.9 Å². The summed E-state index contributed by atoms with van der Waals surface area (Å²) in [6, 6.07) is 24.7. The summed E-state index contributed by atoms with van der Waals surface area (Å²) in [5, 5.41) is 4.63. The first-order chi connectivity index (χ1) is 20.2. The second-order valence-electron chi connectivity index (χ2n) is 9.58. The first-order valence-electron chi connectivity index (χ1n) is 13.2. The minimum Gasteiger partial charge on any atom is -0.462 e. The molecule has 0 bridgehead atoms. The summed E-state index contributed by atoms with van der Waals surface area (Å²) in [6.45, 7) is 1.66. The third-order valence-electron chi connectivity index (χ3n) is 6.86. The van der Waals surface area contributed by atoms with Crippen molar-refractivity contribution in [1.29, 1.82) is 0 Å². The van der Waals surface area contributed by atoms with Gasteiger partial charge in [-0.1, -0.05) is 60.7 Å². The fraction of sp³-hybridized carbons (Fsp3) is 0.125. The minimum atomic E-state index is -4.63. The highest BCUT2D eigenvalue weighted by molar-refractivity contribution is 6.12. The van der Waals surface area contributed by atoms with E-state index in [4.69, 9.17) is 4.74 Å². The van der Waals surface area contributed by atoms with Crippen molar-refractivity contribution < 1.29 is 27.5 Å². The molecule has 6 aromatic rings. The van der Waals surface area contributed by atoms with Crippen molar-refractivity contribution in [3.05, 3.63) is 108 Å². The van der Waals surface area contributed by atoms with Crippen LogP contribution < -0.4 is 5.32 Å². The molecule has 0 saturated heterocycles. The van der Waals surface area contributed by atoms with Gasteiger partial charge < -0.3 is 10.1 Å². The van der Waals surface area contributed by atoms with Crippen LogP contribution in [0.15, 0.2) is 91.0 Å². The number of hydrogen-bond donors (Lipinski definition) is 1. The monoisotopic (exact) mass is 568 g/mol. The van der Waals surface area contributed by atoms with Crippen LogP contribution in [0.4, 0.5) is 19.0 Å². The van der Waals surface area contributed by atoms with Gasteiger partial charge >= 0.3 is 12.1 Å². The van der Waals surface area contributed by atoms with E-state index in [0.717, 1.165) is 28.5 Å². The van der Waals surface area contributed by atoms with Gasteiger partial charge in [0.2, 0.25) is 5.91 Å². The van der Waals surface area contributed by atoms with Crippen LogP contribution in [0.3, 0.4) is 0 Å². The van der Waals surface area contributed by atoms with Crippen molar-refractivity contribution in [2.45, 2.75) is 19.5 Å². The fourth-order valence-electron chi connectivity index (χ4n) is 5.03. The van der Waals surface area contributed by atoms with Gasteiger partial charge in [-0.3, -0.25) is 9.36 Å². The minimum absolute atomic E-state index is 0.0272. The van der Waals surface area contributed by atoms with E-state index < -0.39 is 23.6 Å². The van der Waals surface area contributed by atoms with Crippen molar-refractivity contribution in [3.8, 4) is 5.69 Å². The van der Waals surface area contributed by atoms with Gasteiger partial charge in [-0.05, 0) is 53.6 Å². The molecule has 2 aromatic heterocycles. The Bertz CT molecular complexity index is 1990. The normalized spacial score (nSPS) is 11.7. The van der Waals surface area contributed by atoms with Crippen LogP contribution in [0, 0.1) is 0 Å². The molecule has 0 radical (unpaired) electrons. The number of carbonyl (C=O) groups excluding carboxylic acids is 2. The van der Waals surface area contributed by atoms with Crippen LogP contribution in [0.25, 0.3) is 38.7 Å². The van der Waals surface area contributed by atoms with Crippen LogP contribution in [-0.2, 0) is 22.1 Å². The number of aromatic nitrogens is 3. The van der Waals surface area contributed by atoms with Crippen molar-refractivity contribution in [1.82, 2.24) is 14.5 Å². The third-order valence-corrected chi connectivity index (χ3v) is 6.86. The van der Waals surface area contributed by atoms with Crippen molar-refractivity contribution >= 4 is 50.7 Å². The average molecular weight is 569 g/mol. The van der Waals surface area contributed by atoms with Gasteiger partial charge in [0.25, 0.3) is 0 Å². The maximum atomic E-state index is 13.7. The molecular weight excluding hydrogens is 545 g/mol. The first kappa shape index (κ1) is 26.9. The predicted octanol–water partition coefficient (Wildman–Crippen LogP) is 7.10. The van der Waals surface area contributed by atoms with Crippen LogP contribution in [-0.4, -0.2) is 33.0 Å². The van der Waals surface area contributed by atoms with Gasteiger partial charge in [0.05, 0.1) is 29.6 Å². The van der Waals surface area contributed by atoms with Gasteiger partial charge in [-0.25, -0.2) is 14.8 Å². The molecule has 4 aromatic carbocycles. The molecule has 2 heterocycles. The van der Waals surface area contributed by atoms with Crippen molar-refractivity contribution in [2.75, 3.05) is 11.9 Å². The molecule has 1 N–H and O–H groups in total. The van der Waals surface area contributed by atoms with E-state index >= 15 is 0 Å². The molecule has 0 unspecified atom stereocenters. The molecule has 0 fully saturated rings. The maximum absolute atomic E-state index is 13.7. The summed E-state index contributed by atoms with van der Waals surface area (Å²) in [6.07, 6.45) is -4.68. The van der Waals surface area contributed by atoms with E-state index in [1.54, 1.807) is 31.2 Å². The number of nitrogens with one attached hydrogen (secondary N) is 1. The molecule has 10 heteroatoms. The molecule has 0 atom stereocenters. The molecule has 6 rings (SSSR count). The Morgan fingerprint density at radius 3 is 2.33 bits per heavy atom. The number of fused-ring (bicyclic) bond motifs is 3. The van der Waals surface area contributed by atoms with Gasteiger partial charge in [-0.2, -0.15) is 13.2 Å². The highest BCUT2D eigenvalue weighted by atomic mass is 19.4. The van der Waals surface area contributed by atoms with Crippen LogP contribution in [0.1, 0.15) is 28.4 Å². The van der Waals surface area contributed by atoms with Crippen LogP contribution in [0.2, 0.25) is 0 Å². The number of hydrogen-bond acceptors (Lipinski definition) is 5. The molecule has 0 aliphatic rings. The number of alkyl halides is 3. The summed E-state index contributed by atoms with van der Waals surface area (Å²) in [4.78, 5) is 36.2. The van der Waals surface area contributed by atoms with Crippen molar-refractivity contribution in [3.63, 3.8) is 0 Å². The second kappa shape index (κ2) is 10.6. The SMILES string of the molecule is CCOC(=O)c1c(NC(=O)Cc2cccc3ccccc23)n(-c2cccc(C(F)(F)F)c2)c2nc3ccccc3nc12. The number of amides is 1. The molecule has 0 saturated carbocycles. The lowest BCUT2D eigenvalue weighted by Crippen LogP contribution is -2.20. The van der Waals surface area contributed by atoms with Gasteiger partial charge in [0, 0.05) is 5.69 Å². The predicted molar refractivity (Wildman–Crippen MR) is 154 cm³/mol. The number of carbonyl (C=O) groups is 2. The summed E-state index contributed by atoms with van der Waals surface area (Å²) in [5.74, 6) is -1.36. The number of esters is 1. The number of halogens is 3. The zero-order valence-electron chi connectivity index (χ0n) is 22.3. The van der Waals surface area contributed by atoms with E-state index in [1.807, 2.05) is 42.5 Å². The third kappa shape index (κ3) is 4.91. The van der Waals surface area contributed by atoms with Crippen LogP contribution in [0.5, 0.6) is 0 Å². The first-order valence-corrected chi connectivity index (χ1v) is 13.2. The van der Waals surface area contributed by atoms with Gasteiger partial charge in [-0.15, -0.1) is 0 Å². The molecular formula is C32H23F3N4O3. The number of ether oxygens (including phenoxy) is 1. The van der Waals surface area contributed by atoms with Gasteiger partial charge in [0.15, 0.2) is 5.65 Å². The zero-order chi connectivity index (χ0) is 29.4. The molecule has 210 valence electrons. The number of para-hydroxylation sites is 2. The Morgan fingerprint density at radius 1 is 0.881 bits per heavy atom. The Labute approximate surface area is 237 Å². The number of nitrogens with zero attached hydrogens (tertiary/aromatic N) is 3. The summed E-state index contributed by atoms with van der Waals surface area (Å²) in [7, 11) is 0. The zero-order valence-corrected chi connectivity index (χ0v) is 22.3. The smallest absolute Gasteiger partial charge is 0.416 e. The Kier molecular flexibility index (Phi) is 6.82. The maximum Gasteiger partial charge on any atom is 0.416 e. The van der Waals surface area contributed by atoms with Crippen LogP contribution >= 0.6 is 0 Å². The lowest BCUT2D eigenvalue weighted by Gasteiger charge is -2.15. The second-order valence-corrected chi connectivity index (χ2v) is 9.58. The molecule has 42 heavy (non-hydrogen) atoms. The average Bonchev–Trinajstić information content (AvgIpc) is 3.28. The molecule has 0 aliphatic carbocycles. The number of benzene rings is 4. The highest BCUT2D eigenvalue weighted by Gasteiger charge is 2.33. The molecule has 7 nitrogen and oxygen atoms in total. The summed E-state index contributed by atoms with van der Waals surface area (Å²) < 4.78 is 47.9. The Morgan fingerprint density at radius 2 is 1.57 bits per heavy atom. The Hall–Kier alpha value is -5.25. The number of rotatable bonds is 6. The highest BCUT2D eigenvalue weighted by Crippen LogP contribution is 2.36. The standard InChI is InChI=1S/C32H23F3N4O3/c1-2-42-31(41)27-28-30(37-25-16-6-5-15-24(25)36-28)39(22-13-8-12-21(18-22)32(33,34)35)29(27)38-26(40)17-20-11-7-10-19-9-3-4-14-23(19)20/h3-16,18H,2,17H2,1H3,(H,38,40). The molecule has 0 spiro atoms. The lowest BCUT2D eigenvalue weighted by molar-refractivity contribution is -0.137. The largest absolute Gasteiger partial charge is 0.462 e. The lowest BCUT2D eigenvalue weighted by atomic mass is 10.0. The quantitative estimate of drug-likeness (QED) is 0.217. The summed E-state index contributed by atoms with van der Waals surface area (Å²) >= 11 is 0. The van der Waals surface area contributed by atoms with E-state index in [2.05, 4.69) is 15.3 Å². The number of anilines is 1. The summed E-state index contributed by atoms with van der Waals surface area (Å²) in [5.41, 5.74) is 0.879. The topological polar surface area (TPSA) is 86.1 Å². The Balaban J connectivity index is 1.57. The van der Waals surface area contributed by atoms with E-state index in [9.17, 15) is 22.8 Å². The molecule has 0 aliphatic heterocycles.